The molecule has 0 fully saturated rings. The summed E-state index contributed by atoms with van der Waals surface area (Å²) in [7, 11) is -3.70. The molecule has 1 heterocycles. The van der Waals surface area contributed by atoms with Gasteiger partial charge in [-0.2, -0.15) is 0 Å². The lowest BCUT2D eigenvalue weighted by Gasteiger charge is -2.18. The molecule has 0 atom stereocenters. The van der Waals surface area contributed by atoms with Gasteiger partial charge in [0.15, 0.2) is 0 Å². The number of rotatable bonds is 9. The van der Waals surface area contributed by atoms with Crippen LogP contribution in [0.2, 0.25) is 0 Å². The second-order valence-electron chi connectivity index (χ2n) is 9.35. The number of amides is 2. The molecule has 1 aliphatic heterocycles. The zero-order valence-corrected chi connectivity index (χ0v) is 20.5. The molecule has 0 radical (unpaired) electrons. The number of hydrogen-bond donors (Lipinski definition) is 2. The second kappa shape index (κ2) is 10.5. The Morgan fingerprint density at radius 3 is 2.27 bits per heavy atom. The Kier molecular flexibility index (Phi) is 7.92. The largest absolute Gasteiger partial charge is 0.326 e. The highest BCUT2D eigenvalue weighted by Gasteiger charge is 2.25. The molecule has 8 heteroatoms. The minimum atomic E-state index is -3.70. The molecule has 2 amide bonds. The summed E-state index contributed by atoms with van der Waals surface area (Å²) < 4.78 is 28.1. The minimum Gasteiger partial charge on any atom is -0.326 e. The average Bonchev–Trinajstić information content (AvgIpc) is 3.15. The van der Waals surface area contributed by atoms with Crippen molar-refractivity contribution in [2.24, 2.45) is 11.8 Å². The van der Waals surface area contributed by atoms with Gasteiger partial charge in [-0.25, -0.2) is 13.1 Å². The fourth-order valence-electron chi connectivity index (χ4n) is 3.85. The lowest BCUT2D eigenvalue weighted by atomic mass is 10.1. The predicted octanol–water partition coefficient (Wildman–Crippen LogP) is 4.08. The van der Waals surface area contributed by atoms with E-state index in [1.165, 1.54) is 12.1 Å². The number of fused-ring (bicyclic) bond motifs is 1. The van der Waals surface area contributed by atoms with Gasteiger partial charge >= 0.3 is 0 Å². The highest BCUT2D eigenvalue weighted by atomic mass is 32.2. The Bertz CT molecular complexity index is 1110. The van der Waals surface area contributed by atoms with Crippen molar-refractivity contribution in [1.29, 1.82) is 0 Å². The number of nitrogens with one attached hydrogen (secondary N) is 2. The quantitative estimate of drug-likeness (QED) is 0.576. The Hall–Kier alpha value is -2.71. The molecule has 0 saturated heterocycles. The highest BCUT2D eigenvalue weighted by molar-refractivity contribution is 7.89. The molecule has 0 saturated carbocycles. The van der Waals surface area contributed by atoms with Crippen LogP contribution in [0.15, 0.2) is 47.4 Å². The maximum absolute atomic E-state index is 12.7. The van der Waals surface area contributed by atoms with Gasteiger partial charge in [-0.1, -0.05) is 39.8 Å². The van der Waals surface area contributed by atoms with Gasteiger partial charge in [-0.15, -0.1) is 0 Å². The summed E-state index contributed by atoms with van der Waals surface area (Å²) in [6.45, 7) is 8.80. The number of sulfonamides is 1. The van der Waals surface area contributed by atoms with E-state index in [9.17, 15) is 18.0 Å². The van der Waals surface area contributed by atoms with Gasteiger partial charge in [0.2, 0.25) is 21.8 Å². The van der Waals surface area contributed by atoms with Crippen LogP contribution < -0.4 is 14.9 Å². The number of carbonyl (C=O) groups excluding carboxylic acids is 2. The van der Waals surface area contributed by atoms with E-state index in [1.54, 1.807) is 12.1 Å². The first-order valence-corrected chi connectivity index (χ1v) is 12.8. The van der Waals surface area contributed by atoms with Crippen LogP contribution in [0, 0.1) is 11.8 Å². The zero-order chi connectivity index (χ0) is 24.2. The zero-order valence-electron chi connectivity index (χ0n) is 19.7. The second-order valence-corrected chi connectivity index (χ2v) is 11.1. The molecule has 178 valence electrons. The van der Waals surface area contributed by atoms with E-state index in [-0.39, 0.29) is 29.2 Å². The van der Waals surface area contributed by atoms with E-state index in [4.69, 9.17) is 0 Å². The molecule has 0 spiro atoms. The fourth-order valence-corrected chi connectivity index (χ4v) is 4.86. The number of nitrogens with zero attached hydrogens (tertiary/aromatic N) is 1. The summed E-state index contributed by atoms with van der Waals surface area (Å²) >= 11 is 0. The van der Waals surface area contributed by atoms with Crippen LogP contribution >= 0.6 is 0 Å². The van der Waals surface area contributed by atoms with Crippen LogP contribution in [0.1, 0.15) is 51.7 Å². The summed E-state index contributed by atoms with van der Waals surface area (Å²) in [6.07, 6.45) is 1.69. The molecule has 2 N–H and O–H groups in total. The number of hydrogen-bond acceptors (Lipinski definition) is 4. The predicted molar refractivity (Wildman–Crippen MR) is 131 cm³/mol. The lowest BCUT2D eigenvalue weighted by molar-refractivity contribution is -0.119. The van der Waals surface area contributed by atoms with Crippen molar-refractivity contribution in [3.63, 3.8) is 0 Å². The number of anilines is 2. The van der Waals surface area contributed by atoms with Crippen LogP contribution in [-0.2, 0) is 32.6 Å². The van der Waals surface area contributed by atoms with E-state index >= 15 is 0 Å². The van der Waals surface area contributed by atoms with Crippen molar-refractivity contribution in [1.82, 2.24) is 4.72 Å². The van der Waals surface area contributed by atoms with Gasteiger partial charge in [0.05, 0.1) is 4.90 Å². The summed E-state index contributed by atoms with van der Waals surface area (Å²) in [4.78, 5) is 26.3. The normalized spacial score (nSPS) is 13.5. The van der Waals surface area contributed by atoms with Crippen molar-refractivity contribution in [3.05, 3.63) is 53.6 Å². The fraction of sp³-hybridized carbons (Fsp3) is 0.440. The number of benzene rings is 2. The van der Waals surface area contributed by atoms with E-state index in [0.717, 1.165) is 23.2 Å². The molecule has 0 bridgehead atoms. The monoisotopic (exact) mass is 471 g/mol. The molecular weight excluding hydrogens is 438 g/mol. The maximum Gasteiger partial charge on any atom is 0.240 e. The van der Waals surface area contributed by atoms with Gasteiger partial charge < -0.3 is 10.2 Å². The summed E-state index contributed by atoms with van der Waals surface area (Å²) in [5.41, 5.74) is 3.38. The van der Waals surface area contributed by atoms with Gasteiger partial charge in [-0.3, -0.25) is 9.59 Å². The van der Waals surface area contributed by atoms with Gasteiger partial charge in [0.25, 0.3) is 0 Å². The van der Waals surface area contributed by atoms with E-state index in [0.29, 0.717) is 31.0 Å². The molecule has 0 aliphatic carbocycles. The average molecular weight is 472 g/mol. The first kappa shape index (κ1) is 24.9. The maximum atomic E-state index is 12.7. The van der Waals surface area contributed by atoms with E-state index < -0.39 is 10.0 Å². The first-order chi connectivity index (χ1) is 15.5. The SMILES string of the molecule is CC(C)CC(=O)Nc1ccc(S(=O)(=O)NCc2ccc3c(c2)CCN3C(=O)CC(C)C)cc1. The Balaban J connectivity index is 1.62. The molecule has 0 aromatic heterocycles. The summed E-state index contributed by atoms with van der Waals surface area (Å²) in [5.74, 6) is 0.582. The van der Waals surface area contributed by atoms with Gasteiger partial charge in [0.1, 0.15) is 0 Å². The lowest BCUT2D eigenvalue weighted by Crippen LogP contribution is -2.29. The van der Waals surface area contributed by atoms with Crippen molar-refractivity contribution < 1.29 is 18.0 Å². The molecular formula is C25H33N3O4S. The Morgan fingerprint density at radius 2 is 1.64 bits per heavy atom. The third-order valence-corrected chi connectivity index (χ3v) is 6.85. The van der Waals surface area contributed by atoms with Gasteiger partial charge in [-0.05, 0) is 59.7 Å². The standard InChI is InChI=1S/C25H33N3O4S/c1-17(2)13-24(29)27-21-6-8-22(9-7-21)33(31,32)26-16-19-5-10-23-20(15-19)11-12-28(23)25(30)14-18(3)4/h5-10,15,17-18,26H,11-14,16H2,1-4H3,(H,27,29). The highest BCUT2D eigenvalue weighted by Crippen LogP contribution is 2.30. The van der Waals surface area contributed by atoms with Crippen molar-refractivity contribution in [2.75, 3.05) is 16.8 Å². The van der Waals surface area contributed by atoms with Crippen LogP contribution in [0.4, 0.5) is 11.4 Å². The summed E-state index contributed by atoms with van der Waals surface area (Å²) in [6, 6.07) is 11.9. The summed E-state index contributed by atoms with van der Waals surface area (Å²) in [5, 5.41) is 2.77. The van der Waals surface area contributed by atoms with E-state index in [1.807, 2.05) is 50.8 Å². The molecule has 0 unspecified atom stereocenters. The molecule has 3 rings (SSSR count). The van der Waals surface area contributed by atoms with Crippen LogP contribution in [-0.4, -0.2) is 26.8 Å². The van der Waals surface area contributed by atoms with Gasteiger partial charge in [0, 0.05) is 37.3 Å². The third kappa shape index (κ3) is 6.65. The molecule has 2 aromatic carbocycles. The molecule has 33 heavy (non-hydrogen) atoms. The van der Waals surface area contributed by atoms with Crippen molar-refractivity contribution in [2.45, 2.75) is 58.4 Å². The van der Waals surface area contributed by atoms with Crippen LogP contribution in [0.25, 0.3) is 0 Å². The smallest absolute Gasteiger partial charge is 0.240 e. The molecule has 2 aromatic rings. The first-order valence-electron chi connectivity index (χ1n) is 11.4. The topological polar surface area (TPSA) is 95.6 Å². The molecule has 1 aliphatic rings. The Labute approximate surface area is 196 Å². The van der Waals surface area contributed by atoms with E-state index in [2.05, 4.69) is 10.0 Å². The van der Waals surface area contributed by atoms with Crippen LogP contribution in [0.3, 0.4) is 0 Å². The Morgan fingerprint density at radius 1 is 0.970 bits per heavy atom. The van der Waals surface area contributed by atoms with Crippen molar-refractivity contribution in [3.8, 4) is 0 Å². The number of carbonyl (C=O) groups is 2. The minimum absolute atomic E-state index is 0.0974. The van der Waals surface area contributed by atoms with Crippen molar-refractivity contribution >= 4 is 33.2 Å². The van der Waals surface area contributed by atoms with Crippen LogP contribution in [0.5, 0.6) is 0 Å². The third-order valence-electron chi connectivity index (χ3n) is 5.43. The molecule has 7 nitrogen and oxygen atoms in total.